The molecule has 7 heteroatoms. The van der Waals surface area contributed by atoms with Crippen molar-refractivity contribution < 1.29 is 19.1 Å². The van der Waals surface area contributed by atoms with Crippen LogP contribution in [0.3, 0.4) is 0 Å². The number of nitrogens with one attached hydrogen (secondary N) is 1. The van der Waals surface area contributed by atoms with Crippen molar-refractivity contribution in [3.05, 3.63) is 94.0 Å². The maximum absolute atomic E-state index is 13.7. The summed E-state index contributed by atoms with van der Waals surface area (Å²) in [6, 6.07) is 22.7. The molecule has 1 heterocycles. The van der Waals surface area contributed by atoms with E-state index in [4.69, 9.17) is 9.47 Å². The summed E-state index contributed by atoms with van der Waals surface area (Å²) in [6.07, 6.45) is 1.24. The Bertz CT molecular complexity index is 1200. The van der Waals surface area contributed by atoms with Gasteiger partial charge in [0.05, 0.1) is 0 Å². The molecule has 0 saturated carbocycles. The fourth-order valence-electron chi connectivity index (χ4n) is 4.26. The molecule has 1 aliphatic rings. The summed E-state index contributed by atoms with van der Waals surface area (Å²) < 4.78 is 11.8. The summed E-state index contributed by atoms with van der Waals surface area (Å²) in [5, 5.41) is 3.03. The highest BCUT2D eigenvalue weighted by Gasteiger charge is 2.30. The van der Waals surface area contributed by atoms with E-state index < -0.39 is 6.04 Å². The van der Waals surface area contributed by atoms with Crippen molar-refractivity contribution in [1.29, 1.82) is 0 Å². The number of aryl methyl sites for hydroxylation is 1. The molecule has 0 spiro atoms. The second-order valence-corrected chi connectivity index (χ2v) is 10.1. The number of hydrogen-bond donors (Lipinski definition) is 1. The molecule has 0 aromatic heterocycles. The van der Waals surface area contributed by atoms with Gasteiger partial charge in [-0.2, -0.15) is 0 Å². The molecule has 1 atom stereocenters. The van der Waals surface area contributed by atoms with Crippen LogP contribution >= 0.6 is 15.9 Å². The van der Waals surface area contributed by atoms with Crippen molar-refractivity contribution in [3.63, 3.8) is 0 Å². The van der Waals surface area contributed by atoms with Crippen LogP contribution in [0.25, 0.3) is 0 Å². The highest BCUT2D eigenvalue weighted by molar-refractivity contribution is 9.10. The molecule has 3 aromatic rings. The Morgan fingerprint density at radius 1 is 0.917 bits per heavy atom. The van der Waals surface area contributed by atoms with E-state index >= 15 is 0 Å². The summed E-state index contributed by atoms with van der Waals surface area (Å²) in [5.41, 5.74) is 2.95. The van der Waals surface area contributed by atoms with Gasteiger partial charge in [0.2, 0.25) is 18.6 Å². The van der Waals surface area contributed by atoms with Crippen LogP contribution in [-0.4, -0.2) is 35.6 Å². The molecular formula is C29H31BrN2O4. The molecule has 0 fully saturated rings. The summed E-state index contributed by atoms with van der Waals surface area (Å²) in [4.78, 5) is 28.9. The first-order valence-corrected chi connectivity index (χ1v) is 12.9. The number of carbonyl (C=O) groups excluding carboxylic acids is 2. The number of rotatable bonds is 10. The zero-order chi connectivity index (χ0) is 25.5. The van der Waals surface area contributed by atoms with Gasteiger partial charge in [-0.25, -0.2) is 0 Å². The molecule has 0 unspecified atom stereocenters. The molecule has 6 nitrogen and oxygen atoms in total. The zero-order valence-corrected chi connectivity index (χ0v) is 22.2. The van der Waals surface area contributed by atoms with Gasteiger partial charge in [-0.3, -0.25) is 9.59 Å². The Morgan fingerprint density at radius 2 is 1.67 bits per heavy atom. The fraction of sp³-hybridized carbons (Fsp3) is 0.310. The topological polar surface area (TPSA) is 67.9 Å². The highest BCUT2D eigenvalue weighted by atomic mass is 79.9. The van der Waals surface area contributed by atoms with E-state index in [1.54, 1.807) is 4.90 Å². The molecular weight excluding hydrogens is 520 g/mol. The maximum Gasteiger partial charge on any atom is 0.243 e. The summed E-state index contributed by atoms with van der Waals surface area (Å²) >= 11 is 3.52. The van der Waals surface area contributed by atoms with E-state index in [1.165, 1.54) is 0 Å². The van der Waals surface area contributed by atoms with Crippen LogP contribution in [0.5, 0.6) is 11.5 Å². The number of halogens is 1. The lowest BCUT2D eigenvalue weighted by Gasteiger charge is -2.32. The monoisotopic (exact) mass is 550 g/mol. The number of benzene rings is 3. The summed E-state index contributed by atoms with van der Waals surface area (Å²) in [6.45, 7) is 4.40. The lowest BCUT2D eigenvalue weighted by Crippen LogP contribution is -2.51. The quantitative estimate of drug-likeness (QED) is 0.373. The Hall–Kier alpha value is -3.32. The van der Waals surface area contributed by atoms with Gasteiger partial charge in [-0.15, -0.1) is 0 Å². The standard InChI is InChI=1S/C29H31BrN2O4/c1-20(2)31-29(34)25(16-21-7-4-3-5-8-21)32(18-23-9-6-10-24(30)15-23)28(33)14-12-22-11-13-26-27(17-22)36-19-35-26/h3-11,13,15,17,20,25H,12,14,16,18-19H2,1-2H3,(H,31,34)/t25-/m1/s1. The van der Waals surface area contributed by atoms with Crippen molar-refractivity contribution in [2.45, 2.75) is 51.7 Å². The number of fused-ring (bicyclic) bond motifs is 1. The zero-order valence-electron chi connectivity index (χ0n) is 20.6. The summed E-state index contributed by atoms with van der Waals surface area (Å²) in [7, 11) is 0. The Kier molecular flexibility index (Phi) is 8.65. The molecule has 4 rings (SSSR count). The Morgan fingerprint density at radius 3 is 2.42 bits per heavy atom. The van der Waals surface area contributed by atoms with Gasteiger partial charge in [0.15, 0.2) is 11.5 Å². The minimum Gasteiger partial charge on any atom is -0.454 e. The smallest absolute Gasteiger partial charge is 0.243 e. The fourth-order valence-corrected chi connectivity index (χ4v) is 4.70. The van der Waals surface area contributed by atoms with E-state index in [2.05, 4.69) is 21.2 Å². The van der Waals surface area contributed by atoms with Crippen molar-refractivity contribution in [1.82, 2.24) is 10.2 Å². The predicted molar refractivity (Wildman–Crippen MR) is 143 cm³/mol. The van der Waals surface area contributed by atoms with Gasteiger partial charge in [-0.1, -0.05) is 64.5 Å². The normalized spacial score (nSPS) is 12.9. The first kappa shape index (κ1) is 25.8. The van der Waals surface area contributed by atoms with Crippen LogP contribution in [0.1, 0.15) is 37.0 Å². The van der Waals surface area contributed by atoms with Crippen molar-refractivity contribution in [2.24, 2.45) is 0 Å². The molecule has 188 valence electrons. The second kappa shape index (κ2) is 12.1. The van der Waals surface area contributed by atoms with E-state index in [0.717, 1.165) is 26.9 Å². The molecule has 3 aromatic carbocycles. The lowest BCUT2D eigenvalue weighted by atomic mass is 10.0. The third kappa shape index (κ3) is 6.88. The minimum atomic E-state index is -0.641. The SMILES string of the molecule is CC(C)NC(=O)[C@@H](Cc1ccccc1)N(Cc1cccc(Br)c1)C(=O)CCc1ccc2c(c1)OCO2. The van der Waals surface area contributed by atoms with E-state index in [9.17, 15) is 9.59 Å². The van der Waals surface area contributed by atoms with Crippen LogP contribution in [-0.2, 0) is 29.0 Å². The third-order valence-electron chi connectivity index (χ3n) is 6.01. The second-order valence-electron chi connectivity index (χ2n) is 9.21. The first-order valence-electron chi connectivity index (χ1n) is 12.2. The van der Waals surface area contributed by atoms with Crippen molar-refractivity contribution in [2.75, 3.05) is 6.79 Å². The van der Waals surface area contributed by atoms with Crippen LogP contribution in [0.15, 0.2) is 77.3 Å². The molecule has 0 radical (unpaired) electrons. The largest absolute Gasteiger partial charge is 0.454 e. The van der Waals surface area contributed by atoms with Crippen molar-refractivity contribution >= 4 is 27.7 Å². The molecule has 2 amide bonds. The number of hydrogen-bond acceptors (Lipinski definition) is 4. The Labute approximate surface area is 220 Å². The van der Waals surface area contributed by atoms with Gasteiger partial charge in [-0.05, 0) is 61.2 Å². The number of nitrogens with zero attached hydrogens (tertiary/aromatic N) is 1. The van der Waals surface area contributed by atoms with Gasteiger partial charge in [0.25, 0.3) is 0 Å². The predicted octanol–water partition coefficient (Wildman–Crippen LogP) is 5.28. The average molecular weight is 551 g/mol. The lowest BCUT2D eigenvalue weighted by molar-refractivity contribution is -0.141. The molecule has 36 heavy (non-hydrogen) atoms. The molecule has 0 saturated heterocycles. The van der Waals surface area contributed by atoms with E-state index in [1.807, 2.05) is 86.6 Å². The average Bonchev–Trinajstić information content (AvgIpc) is 3.33. The van der Waals surface area contributed by atoms with Crippen LogP contribution in [0, 0.1) is 0 Å². The molecule has 0 bridgehead atoms. The minimum absolute atomic E-state index is 0.0350. The van der Waals surface area contributed by atoms with Gasteiger partial charge in [0, 0.05) is 29.9 Å². The van der Waals surface area contributed by atoms with Crippen molar-refractivity contribution in [3.8, 4) is 11.5 Å². The summed E-state index contributed by atoms with van der Waals surface area (Å²) in [5.74, 6) is 1.19. The van der Waals surface area contributed by atoms with E-state index in [-0.39, 0.29) is 31.1 Å². The molecule has 0 aliphatic carbocycles. The highest BCUT2D eigenvalue weighted by Crippen LogP contribution is 2.33. The van der Waals surface area contributed by atoms with Crippen LogP contribution in [0.2, 0.25) is 0 Å². The number of ether oxygens (including phenoxy) is 2. The van der Waals surface area contributed by atoms with Gasteiger partial charge >= 0.3 is 0 Å². The number of amides is 2. The van der Waals surface area contributed by atoms with Gasteiger partial charge in [0.1, 0.15) is 6.04 Å². The Balaban J connectivity index is 1.59. The third-order valence-corrected chi connectivity index (χ3v) is 6.50. The van der Waals surface area contributed by atoms with Crippen LogP contribution < -0.4 is 14.8 Å². The van der Waals surface area contributed by atoms with Gasteiger partial charge < -0.3 is 19.7 Å². The molecule has 1 aliphatic heterocycles. The first-order chi connectivity index (χ1) is 17.4. The number of carbonyl (C=O) groups is 2. The molecule has 1 N–H and O–H groups in total. The van der Waals surface area contributed by atoms with Crippen LogP contribution in [0.4, 0.5) is 0 Å². The maximum atomic E-state index is 13.7. The van der Waals surface area contributed by atoms with E-state index in [0.29, 0.717) is 25.1 Å².